The first kappa shape index (κ1) is 71.4. The van der Waals surface area contributed by atoms with Crippen LogP contribution < -0.4 is 0 Å². The first-order chi connectivity index (χ1) is 43.3. The Kier molecular flexibility index (Phi) is 32.5. The van der Waals surface area contributed by atoms with Crippen LogP contribution in [0.25, 0.3) is 68.3 Å². The standard InChI is InChI=1S/C80H114S8/c1-9-17-25-33-41-59-51-67(82-58-59)75-61(43-35-27-19-11-3)53-69(84-75)77-63(45-37-29-21-13-5)55-71(86-77)79-65(47-39-31-23-15-7)57-73(88-79)80-66(48-40-32-24-16-8)56-72(87-80)78-64(46-38-30-22-14-6)54-70(85-78)76-62(44-36-28-20-12-4)52-68(83-76)74-60(49-50-81-74)42-34-26-18-10-2/h49-58H,9-48H2,1-8H3. The maximum absolute atomic E-state index is 2.72. The number of hydrogen-bond donors (Lipinski definition) is 0. The Bertz CT molecular complexity index is 3170. The van der Waals surface area contributed by atoms with Crippen LogP contribution in [0.5, 0.6) is 0 Å². The van der Waals surface area contributed by atoms with Gasteiger partial charge in [-0.15, -0.1) is 90.7 Å². The fraction of sp³-hybridized carbons (Fsp3) is 0.600. The lowest BCUT2D eigenvalue weighted by atomic mass is 10.0. The summed E-state index contributed by atoms with van der Waals surface area (Å²) in [5.74, 6) is 0. The summed E-state index contributed by atoms with van der Waals surface area (Å²) in [7, 11) is 0. The van der Waals surface area contributed by atoms with Gasteiger partial charge in [-0.3, -0.25) is 0 Å². The third-order valence-electron chi connectivity index (χ3n) is 18.2. The van der Waals surface area contributed by atoms with E-state index in [1.54, 1.807) is 73.8 Å². The van der Waals surface area contributed by atoms with Crippen molar-refractivity contribution in [1.82, 2.24) is 0 Å². The van der Waals surface area contributed by atoms with Crippen LogP contribution in [-0.4, -0.2) is 0 Å². The van der Waals surface area contributed by atoms with E-state index in [0.717, 1.165) is 0 Å². The summed E-state index contributed by atoms with van der Waals surface area (Å²) in [6.45, 7) is 18.8. The van der Waals surface area contributed by atoms with E-state index in [4.69, 9.17) is 0 Å². The lowest BCUT2D eigenvalue weighted by molar-refractivity contribution is 0.667. The molecule has 0 aliphatic heterocycles. The van der Waals surface area contributed by atoms with Gasteiger partial charge in [0.2, 0.25) is 0 Å². The van der Waals surface area contributed by atoms with Gasteiger partial charge in [0.15, 0.2) is 0 Å². The van der Waals surface area contributed by atoms with Gasteiger partial charge < -0.3 is 0 Å². The molecular formula is C80H114S8. The first-order valence-corrected chi connectivity index (χ1v) is 42.9. The summed E-state index contributed by atoms with van der Waals surface area (Å²) in [6.07, 6.45) is 51.3. The predicted octanol–water partition coefficient (Wildman–Crippen LogP) is 30.8. The molecule has 0 spiro atoms. The topological polar surface area (TPSA) is 0 Å². The van der Waals surface area contributed by atoms with Crippen molar-refractivity contribution in [1.29, 1.82) is 0 Å². The highest BCUT2D eigenvalue weighted by atomic mass is 32.1. The van der Waals surface area contributed by atoms with Crippen molar-refractivity contribution in [2.45, 2.75) is 312 Å². The van der Waals surface area contributed by atoms with E-state index in [1.165, 1.54) is 296 Å². The highest BCUT2D eigenvalue weighted by Crippen LogP contribution is 2.54. The Morgan fingerprint density at radius 2 is 0.455 bits per heavy atom. The van der Waals surface area contributed by atoms with Gasteiger partial charge in [0.05, 0.1) is 0 Å². The number of aryl methyl sites for hydroxylation is 8. The molecule has 8 aromatic heterocycles. The molecule has 88 heavy (non-hydrogen) atoms. The minimum atomic E-state index is 1.17. The van der Waals surface area contributed by atoms with Crippen molar-refractivity contribution in [2.24, 2.45) is 0 Å². The summed E-state index contributed by atoms with van der Waals surface area (Å²) in [4.78, 5) is 21.6. The zero-order chi connectivity index (χ0) is 61.7. The number of hydrogen-bond acceptors (Lipinski definition) is 8. The van der Waals surface area contributed by atoms with Crippen LogP contribution in [0.2, 0.25) is 0 Å². The molecule has 0 unspecified atom stereocenters. The van der Waals surface area contributed by atoms with Crippen LogP contribution in [0.4, 0.5) is 0 Å². The van der Waals surface area contributed by atoms with Crippen LogP contribution in [0.3, 0.4) is 0 Å². The van der Waals surface area contributed by atoms with Crippen molar-refractivity contribution in [3.05, 3.63) is 104 Å². The van der Waals surface area contributed by atoms with Crippen LogP contribution in [0.15, 0.2) is 59.3 Å². The van der Waals surface area contributed by atoms with Gasteiger partial charge in [-0.2, -0.15) is 0 Å². The highest BCUT2D eigenvalue weighted by Gasteiger charge is 2.26. The van der Waals surface area contributed by atoms with Crippen molar-refractivity contribution >= 4 is 90.7 Å². The Balaban J connectivity index is 1.22. The SMILES string of the molecule is CCCCCCc1csc(-c2sc(-c3sc(-c4sc(-c5sc(-c6sc(-c7sc(-c8sccc8CCCCCC)cc7CCCCCC)cc6CCCCCC)cc5CCCCCC)cc4CCCCCC)cc3CCCCCC)cc2CCCCCC)c1. The van der Waals surface area contributed by atoms with Gasteiger partial charge in [0, 0.05) is 68.3 Å². The Morgan fingerprint density at radius 1 is 0.216 bits per heavy atom. The normalized spacial score (nSPS) is 11.9. The largest absolute Gasteiger partial charge is 0.143 e. The molecule has 0 aliphatic rings. The van der Waals surface area contributed by atoms with Gasteiger partial charge in [0.25, 0.3) is 0 Å². The van der Waals surface area contributed by atoms with Gasteiger partial charge in [0.1, 0.15) is 0 Å². The van der Waals surface area contributed by atoms with E-state index in [1.807, 2.05) is 22.7 Å². The molecule has 0 atom stereocenters. The molecule has 0 N–H and O–H groups in total. The van der Waals surface area contributed by atoms with E-state index in [9.17, 15) is 0 Å². The van der Waals surface area contributed by atoms with Crippen molar-refractivity contribution in [3.8, 4) is 68.3 Å². The Hall–Kier alpha value is -2.40. The Morgan fingerprint density at radius 3 is 0.727 bits per heavy atom. The molecule has 0 nitrogen and oxygen atoms in total. The van der Waals surface area contributed by atoms with Crippen LogP contribution in [0, 0.1) is 0 Å². The van der Waals surface area contributed by atoms with Crippen LogP contribution in [-0.2, 0) is 51.4 Å². The number of rotatable bonds is 47. The first-order valence-electron chi connectivity index (χ1n) is 36.3. The minimum absolute atomic E-state index is 1.17. The molecule has 0 radical (unpaired) electrons. The van der Waals surface area contributed by atoms with E-state index < -0.39 is 0 Å². The van der Waals surface area contributed by atoms with Gasteiger partial charge in [-0.25, -0.2) is 0 Å². The van der Waals surface area contributed by atoms with Crippen molar-refractivity contribution in [3.63, 3.8) is 0 Å². The maximum atomic E-state index is 2.72. The smallest absolute Gasteiger partial charge is 0.0481 e. The van der Waals surface area contributed by atoms with Gasteiger partial charge in [-0.1, -0.05) is 209 Å². The average Bonchev–Trinajstić information content (AvgIpc) is 1.87. The average molecular weight is 1330 g/mol. The molecule has 482 valence electrons. The molecule has 8 aromatic rings. The molecular weight excluding hydrogens is 1220 g/mol. The fourth-order valence-corrected chi connectivity index (χ4v) is 23.1. The van der Waals surface area contributed by atoms with Crippen molar-refractivity contribution < 1.29 is 0 Å². The molecule has 0 bridgehead atoms. The van der Waals surface area contributed by atoms with Crippen LogP contribution in [0.1, 0.15) is 305 Å². The monoisotopic (exact) mass is 1330 g/mol. The van der Waals surface area contributed by atoms with E-state index in [-0.39, 0.29) is 0 Å². The van der Waals surface area contributed by atoms with E-state index in [0.29, 0.717) is 0 Å². The summed E-state index contributed by atoms with van der Waals surface area (Å²) < 4.78 is 0. The second kappa shape index (κ2) is 40.0. The molecule has 0 saturated heterocycles. The third kappa shape index (κ3) is 21.1. The lowest BCUT2D eigenvalue weighted by Crippen LogP contribution is -1.87. The summed E-state index contributed by atoms with van der Waals surface area (Å²) >= 11 is 16.9. The minimum Gasteiger partial charge on any atom is -0.143 e. The zero-order valence-electron chi connectivity index (χ0n) is 56.3. The molecule has 0 amide bonds. The number of unbranched alkanes of at least 4 members (excludes halogenated alkanes) is 24. The second-order valence-electron chi connectivity index (χ2n) is 25.9. The quantitative estimate of drug-likeness (QED) is 0.0334. The lowest BCUT2D eigenvalue weighted by Gasteiger charge is -2.02. The van der Waals surface area contributed by atoms with Crippen molar-refractivity contribution in [2.75, 3.05) is 0 Å². The molecule has 8 heterocycles. The zero-order valence-corrected chi connectivity index (χ0v) is 62.9. The molecule has 0 aliphatic carbocycles. The third-order valence-corrected chi connectivity index (χ3v) is 28.5. The highest BCUT2D eigenvalue weighted by molar-refractivity contribution is 7.31. The molecule has 0 saturated carbocycles. The van der Waals surface area contributed by atoms with Crippen LogP contribution >= 0.6 is 90.7 Å². The van der Waals surface area contributed by atoms with E-state index >= 15 is 0 Å². The number of thiophene rings is 8. The second-order valence-corrected chi connectivity index (χ2v) is 34.0. The van der Waals surface area contributed by atoms with Gasteiger partial charge >= 0.3 is 0 Å². The summed E-state index contributed by atoms with van der Waals surface area (Å²) in [5, 5.41) is 4.86. The molecule has 0 aromatic carbocycles. The molecule has 8 rings (SSSR count). The molecule has 8 heteroatoms. The predicted molar refractivity (Wildman–Crippen MR) is 410 cm³/mol. The fourth-order valence-electron chi connectivity index (χ4n) is 12.9. The Labute approximate surface area is 569 Å². The van der Waals surface area contributed by atoms with E-state index in [2.05, 4.69) is 183 Å². The summed E-state index contributed by atoms with van der Waals surface area (Å²) in [6, 6.07) is 21.2. The summed E-state index contributed by atoms with van der Waals surface area (Å²) in [5.41, 5.74) is 12.7. The maximum Gasteiger partial charge on any atom is 0.0481 e. The van der Waals surface area contributed by atoms with Gasteiger partial charge in [-0.05, 0) is 207 Å². The molecule has 0 fully saturated rings.